The van der Waals surface area contributed by atoms with Crippen molar-refractivity contribution in [1.82, 2.24) is 9.47 Å². The topological polar surface area (TPSA) is 67.9 Å². The standard InChI is InChI=1S/C27H27N3O4/c1-33-25-12-5-3-10-23(25)29-15-13-28(14-16-29)18-20-7-6-8-21(17-20)19-30-26(31)22-9-2-4-11-24(22)34-27(30)32/h2-12,17H,13-16,18-19H2,1H3. The molecule has 0 aliphatic carbocycles. The summed E-state index contributed by atoms with van der Waals surface area (Å²) in [6.07, 6.45) is 0. The van der Waals surface area contributed by atoms with Crippen molar-refractivity contribution in [3.05, 3.63) is 105 Å². The van der Waals surface area contributed by atoms with Crippen LogP contribution >= 0.6 is 0 Å². The van der Waals surface area contributed by atoms with Crippen LogP contribution < -0.4 is 21.0 Å². The summed E-state index contributed by atoms with van der Waals surface area (Å²) in [5.74, 6) is 0.263. The van der Waals surface area contributed by atoms with E-state index in [1.807, 2.05) is 30.3 Å². The number of methoxy groups -OCH3 is 1. The van der Waals surface area contributed by atoms with Crippen LogP contribution in [-0.4, -0.2) is 42.8 Å². The first-order valence-corrected chi connectivity index (χ1v) is 11.4. The van der Waals surface area contributed by atoms with Gasteiger partial charge in [0.15, 0.2) is 0 Å². The van der Waals surface area contributed by atoms with E-state index in [0.717, 1.165) is 59.9 Å². The molecule has 5 rings (SSSR count). The van der Waals surface area contributed by atoms with E-state index in [0.29, 0.717) is 11.0 Å². The molecule has 4 aromatic rings. The van der Waals surface area contributed by atoms with Crippen LogP contribution in [0.25, 0.3) is 11.0 Å². The lowest BCUT2D eigenvalue weighted by Crippen LogP contribution is -2.46. The molecule has 7 heteroatoms. The van der Waals surface area contributed by atoms with E-state index in [1.54, 1.807) is 31.4 Å². The monoisotopic (exact) mass is 457 g/mol. The molecule has 0 radical (unpaired) electrons. The Labute approximate surface area is 197 Å². The number of anilines is 1. The largest absolute Gasteiger partial charge is 0.495 e. The Kier molecular flexibility index (Phi) is 6.18. The van der Waals surface area contributed by atoms with Crippen molar-refractivity contribution in [2.45, 2.75) is 13.1 Å². The molecule has 0 amide bonds. The molecule has 0 unspecified atom stereocenters. The summed E-state index contributed by atoms with van der Waals surface area (Å²) in [5, 5.41) is 0.408. The van der Waals surface area contributed by atoms with Gasteiger partial charge >= 0.3 is 5.76 Å². The third kappa shape index (κ3) is 4.47. The highest BCUT2D eigenvalue weighted by molar-refractivity contribution is 5.74. The number of aromatic nitrogens is 1. The normalized spacial score (nSPS) is 14.4. The van der Waals surface area contributed by atoms with Crippen LogP contribution in [0, 0.1) is 0 Å². The van der Waals surface area contributed by atoms with Crippen LogP contribution in [0.5, 0.6) is 5.75 Å². The lowest BCUT2D eigenvalue weighted by atomic mass is 10.1. The van der Waals surface area contributed by atoms with Gasteiger partial charge in [-0.05, 0) is 35.4 Å². The van der Waals surface area contributed by atoms with Crippen LogP contribution in [0.1, 0.15) is 11.1 Å². The van der Waals surface area contributed by atoms with E-state index in [4.69, 9.17) is 9.15 Å². The molecule has 174 valence electrons. The van der Waals surface area contributed by atoms with Crippen LogP contribution in [0.4, 0.5) is 5.69 Å². The van der Waals surface area contributed by atoms with Gasteiger partial charge in [-0.25, -0.2) is 9.36 Å². The van der Waals surface area contributed by atoms with Gasteiger partial charge in [0.25, 0.3) is 5.56 Å². The number of hydrogen-bond acceptors (Lipinski definition) is 6. The average Bonchev–Trinajstić information content (AvgIpc) is 2.87. The Morgan fingerprint density at radius 3 is 2.32 bits per heavy atom. The quantitative estimate of drug-likeness (QED) is 0.443. The molecular formula is C27H27N3O4. The van der Waals surface area contributed by atoms with Gasteiger partial charge in [0, 0.05) is 32.7 Å². The van der Waals surface area contributed by atoms with Crippen molar-refractivity contribution < 1.29 is 9.15 Å². The van der Waals surface area contributed by atoms with E-state index < -0.39 is 5.76 Å². The lowest BCUT2D eigenvalue weighted by Gasteiger charge is -2.36. The Morgan fingerprint density at radius 1 is 0.824 bits per heavy atom. The van der Waals surface area contributed by atoms with Crippen molar-refractivity contribution in [3.8, 4) is 5.75 Å². The van der Waals surface area contributed by atoms with Gasteiger partial charge in [-0.3, -0.25) is 9.69 Å². The average molecular weight is 458 g/mol. The number of fused-ring (bicyclic) bond motifs is 1. The molecule has 7 nitrogen and oxygen atoms in total. The van der Waals surface area contributed by atoms with E-state index >= 15 is 0 Å². The number of ether oxygens (including phenoxy) is 1. The SMILES string of the molecule is COc1ccccc1N1CCN(Cc2cccc(Cn3c(=O)oc4ccccc4c3=O)c2)CC1. The second kappa shape index (κ2) is 9.57. The zero-order valence-electron chi connectivity index (χ0n) is 19.1. The molecular weight excluding hydrogens is 430 g/mol. The predicted octanol–water partition coefficient (Wildman–Crippen LogP) is 3.33. The zero-order chi connectivity index (χ0) is 23.5. The Morgan fingerprint density at radius 2 is 1.53 bits per heavy atom. The molecule has 0 spiro atoms. The molecule has 1 aliphatic rings. The maximum atomic E-state index is 12.8. The molecule has 0 saturated carbocycles. The fraction of sp³-hybridized carbons (Fsp3) is 0.259. The van der Waals surface area contributed by atoms with Gasteiger partial charge in [0.05, 0.1) is 24.7 Å². The van der Waals surface area contributed by atoms with Crippen molar-refractivity contribution in [1.29, 1.82) is 0 Å². The van der Waals surface area contributed by atoms with Crippen LogP contribution in [-0.2, 0) is 13.1 Å². The minimum Gasteiger partial charge on any atom is -0.495 e. The van der Waals surface area contributed by atoms with Crippen LogP contribution in [0.3, 0.4) is 0 Å². The second-order valence-corrected chi connectivity index (χ2v) is 8.51. The molecule has 34 heavy (non-hydrogen) atoms. The van der Waals surface area contributed by atoms with Gasteiger partial charge < -0.3 is 14.1 Å². The van der Waals surface area contributed by atoms with Crippen molar-refractivity contribution in [2.24, 2.45) is 0 Å². The van der Waals surface area contributed by atoms with Crippen molar-refractivity contribution in [2.75, 3.05) is 38.2 Å². The Bertz CT molecular complexity index is 1420. The summed E-state index contributed by atoms with van der Waals surface area (Å²) in [7, 11) is 1.71. The summed E-state index contributed by atoms with van der Waals surface area (Å²) in [6, 6.07) is 23.0. The summed E-state index contributed by atoms with van der Waals surface area (Å²) in [5.41, 5.74) is 3.17. The summed E-state index contributed by atoms with van der Waals surface area (Å²) in [4.78, 5) is 30.0. The Hall–Kier alpha value is -3.84. The minimum absolute atomic E-state index is 0.182. The fourth-order valence-corrected chi connectivity index (χ4v) is 4.55. The summed E-state index contributed by atoms with van der Waals surface area (Å²) in [6.45, 7) is 4.73. The van der Waals surface area contributed by atoms with Gasteiger partial charge in [0.1, 0.15) is 11.3 Å². The Balaban J connectivity index is 1.27. The van der Waals surface area contributed by atoms with Crippen LogP contribution in [0.15, 0.2) is 86.8 Å². The molecule has 1 aromatic heterocycles. The lowest BCUT2D eigenvalue weighted by molar-refractivity contribution is 0.249. The van der Waals surface area contributed by atoms with Gasteiger partial charge in [-0.15, -0.1) is 0 Å². The molecule has 0 N–H and O–H groups in total. The maximum Gasteiger partial charge on any atom is 0.422 e. The van der Waals surface area contributed by atoms with Gasteiger partial charge in [0.2, 0.25) is 0 Å². The smallest absolute Gasteiger partial charge is 0.422 e. The van der Waals surface area contributed by atoms with Crippen LogP contribution in [0.2, 0.25) is 0 Å². The van der Waals surface area contributed by atoms with Gasteiger partial charge in [-0.1, -0.05) is 48.5 Å². The number of hydrogen-bond donors (Lipinski definition) is 0. The van der Waals surface area contributed by atoms with E-state index in [-0.39, 0.29) is 12.1 Å². The van der Waals surface area contributed by atoms with E-state index in [9.17, 15) is 9.59 Å². The first-order chi connectivity index (χ1) is 16.6. The fourth-order valence-electron chi connectivity index (χ4n) is 4.55. The second-order valence-electron chi connectivity index (χ2n) is 8.51. The van der Waals surface area contributed by atoms with E-state index in [1.165, 1.54) is 0 Å². The molecule has 1 fully saturated rings. The molecule has 0 atom stereocenters. The first kappa shape index (κ1) is 22.0. The van der Waals surface area contributed by atoms with Gasteiger partial charge in [-0.2, -0.15) is 0 Å². The predicted molar refractivity (Wildman–Crippen MR) is 133 cm³/mol. The van der Waals surface area contributed by atoms with Crippen molar-refractivity contribution in [3.63, 3.8) is 0 Å². The number of piperazine rings is 1. The number of nitrogens with zero attached hydrogens (tertiary/aromatic N) is 3. The minimum atomic E-state index is -0.637. The first-order valence-electron chi connectivity index (χ1n) is 11.4. The van der Waals surface area contributed by atoms with E-state index in [2.05, 4.69) is 28.0 Å². The number of rotatable bonds is 6. The molecule has 3 aromatic carbocycles. The molecule has 1 saturated heterocycles. The molecule has 0 bridgehead atoms. The highest BCUT2D eigenvalue weighted by Gasteiger charge is 2.19. The highest BCUT2D eigenvalue weighted by Crippen LogP contribution is 2.28. The molecule has 2 heterocycles. The third-order valence-electron chi connectivity index (χ3n) is 6.32. The number of para-hydroxylation sites is 3. The summed E-state index contributed by atoms with van der Waals surface area (Å²) < 4.78 is 12.0. The van der Waals surface area contributed by atoms with Crippen molar-refractivity contribution >= 4 is 16.7 Å². The summed E-state index contributed by atoms with van der Waals surface area (Å²) >= 11 is 0. The zero-order valence-corrected chi connectivity index (χ0v) is 19.1. The maximum absolute atomic E-state index is 12.8. The highest BCUT2D eigenvalue weighted by atomic mass is 16.5. The molecule has 1 aliphatic heterocycles. The number of benzene rings is 3. The third-order valence-corrected chi connectivity index (χ3v) is 6.32.